The fraction of sp³-hybridized carbons (Fsp3) is 0.235. The summed E-state index contributed by atoms with van der Waals surface area (Å²) in [5.41, 5.74) is 3.22. The maximum atomic E-state index is 12.6. The summed E-state index contributed by atoms with van der Waals surface area (Å²) < 4.78 is 0. The van der Waals surface area contributed by atoms with Crippen LogP contribution in [-0.4, -0.2) is 26.1 Å². The molecule has 7 heteroatoms. The monoisotopic (exact) mass is 360 g/mol. The first-order valence-corrected chi connectivity index (χ1v) is 8.87. The topological polar surface area (TPSA) is 70.7 Å². The highest BCUT2D eigenvalue weighted by molar-refractivity contribution is 8.00. The van der Waals surface area contributed by atoms with Crippen molar-refractivity contribution in [3.05, 3.63) is 47.1 Å². The van der Waals surface area contributed by atoms with E-state index in [0.29, 0.717) is 22.2 Å². The number of thioether (sulfide) groups is 1. The van der Waals surface area contributed by atoms with Gasteiger partial charge in [0.25, 0.3) is 0 Å². The SMILES string of the molecule is CCC(Sc1nc2ncccc2[nH]1)C(=O)Nc1cc(Cl)ccc1C. The van der Waals surface area contributed by atoms with Crippen LogP contribution in [0.1, 0.15) is 18.9 Å². The number of aryl methyl sites for hydroxylation is 1. The molecule has 5 nitrogen and oxygen atoms in total. The summed E-state index contributed by atoms with van der Waals surface area (Å²) in [5, 5.41) is 3.98. The Morgan fingerprint density at radius 1 is 1.42 bits per heavy atom. The fourth-order valence-corrected chi connectivity index (χ4v) is 3.36. The van der Waals surface area contributed by atoms with E-state index in [1.54, 1.807) is 18.3 Å². The number of nitrogens with one attached hydrogen (secondary N) is 2. The fourth-order valence-electron chi connectivity index (χ4n) is 2.28. The molecule has 0 aliphatic carbocycles. The average Bonchev–Trinajstić information content (AvgIpc) is 2.98. The van der Waals surface area contributed by atoms with Crippen molar-refractivity contribution in [2.45, 2.75) is 30.7 Å². The highest BCUT2D eigenvalue weighted by atomic mass is 35.5. The second-order valence-corrected chi connectivity index (χ2v) is 7.01. The van der Waals surface area contributed by atoms with Crippen LogP contribution in [0.5, 0.6) is 0 Å². The standard InChI is InChI=1S/C17H17ClN4OS/c1-3-14(16(23)20-13-9-11(18)7-6-10(13)2)24-17-21-12-5-4-8-19-15(12)22-17/h4-9,14H,3H2,1-2H3,(H,20,23)(H,19,21,22). The number of H-pyrrole nitrogens is 1. The zero-order chi connectivity index (χ0) is 17.1. The Morgan fingerprint density at radius 3 is 3.00 bits per heavy atom. The molecular formula is C17H17ClN4OS. The van der Waals surface area contributed by atoms with Crippen molar-refractivity contribution >= 4 is 46.1 Å². The first kappa shape index (κ1) is 16.8. The lowest BCUT2D eigenvalue weighted by Crippen LogP contribution is -2.25. The first-order chi connectivity index (χ1) is 11.6. The van der Waals surface area contributed by atoms with Crippen LogP contribution < -0.4 is 5.32 Å². The third kappa shape index (κ3) is 3.71. The van der Waals surface area contributed by atoms with E-state index in [2.05, 4.69) is 20.3 Å². The van der Waals surface area contributed by atoms with Crippen molar-refractivity contribution in [3.63, 3.8) is 0 Å². The van der Waals surface area contributed by atoms with Gasteiger partial charge in [-0.1, -0.05) is 36.4 Å². The number of halogens is 1. The van der Waals surface area contributed by atoms with Gasteiger partial charge in [-0.15, -0.1) is 0 Å². The minimum atomic E-state index is -0.260. The van der Waals surface area contributed by atoms with E-state index in [9.17, 15) is 4.79 Å². The minimum Gasteiger partial charge on any atom is -0.332 e. The molecule has 0 aliphatic rings. The predicted octanol–water partition coefficient (Wildman–Crippen LogP) is 4.43. The molecule has 0 radical (unpaired) electrons. The van der Waals surface area contributed by atoms with Crippen LogP contribution in [0.15, 0.2) is 41.7 Å². The smallest absolute Gasteiger partial charge is 0.237 e. The summed E-state index contributed by atoms with van der Waals surface area (Å²) in [7, 11) is 0. The zero-order valence-electron chi connectivity index (χ0n) is 13.3. The van der Waals surface area contributed by atoms with Crippen molar-refractivity contribution in [3.8, 4) is 0 Å². The Bertz CT molecular complexity index is 847. The molecule has 0 aliphatic heterocycles. The van der Waals surface area contributed by atoms with Crippen LogP contribution >= 0.6 is 23.4 Å². The number of imidazole rings is 1. The van der Waals surface area contributed by atoms with Gasteiger partial charge in [-0.25, -0.2) is 9.97 Å². The maximum absolute atomic E-state index is 12.6. The number of fused-ring (bicyclic) bond motifs is 1. The summed E-state index contributed by atoms with van der Waals surface area (Å²) in [4.78, 5) is 24.4. The van der Waals surface area contributed by atoms with E-state index < -0.39 is 0 Å². The average molecular weight is 361 g/mol. The largest absolute Gasteiger partial charge is 0.332 e. The molecule has 24 heavy (non-hydrogen) atoms. The molecule has 1 aromatic carbocycles. The van der Waals surface area contributed by atoms with Crippen molar-refractivity contribution < 1.29 is 4.79 Å². The Morgan fingerprint density at radius 2 is 2.25 bits per heavy atom. The molecule has 124 valence electrons. The van der Waals surface area contributed by atoms with E-state index >= 15 is 0 Å². The summed E-state index contributed by atoms with van der Waals surface area (Å²) in [6, 6.07) is 9.21. The van der Waals surface area contributed by atoms with E-state index in [4.69, 9.17) is 11.6 Å². The van der Waals surface area contributed by atoms with Crippen molar-refractivity contribution in [1.82, 2.24) is 15.0 Å². The normalized spacial score (nSPS) is 12.3. The minimum absolute atomic E-state index is 0.0683. The van der Waals surface area contributed by atoms with Gasteiger partial charge in [0, 0.05) is 16.9 Å². The molecule has 2 aromatic heterocycles. The second kappa shape index (κ2) is 7.23. The predicted molar refractivity (Wildman–Crippen MR) is 98.6 cm³/mol. The molecule has 0 spiro atoms. The van der Waals surface area contributed by atoms with Crippen LogP contribution in [-0.2, 0) is 4.79 Å². The van der Waals surface area contributed by atoms with Crippen LogP contribution in [0.25, 0.3) is 11.2 Å². The van der Waals surface area contributed by atoms with Gasteiger partial charge in [0.2, 0.25) is 5.91 Å². The number of carbonyl (C=O) groups is 1. The van der Waals surface area contributed by atoms with Gasteiger partial charge in [-0.3, -0.25) is 4.79 Å². The summed E-state index contributed by atoms with van der Waals surface area (Å²) in [6.07, 6.45) is 2.38. The van der Waals surface area contributed by atoms with Crippen LogP contribution in [0, 0.1) is 6.92 Å². The number of rotatable bonds is 5. The molecule has 2 N–H and O–H groups in total. The number of hydrogen-bond donors (Lipinski definition) is 2. The number of anilines is 1. The second-order valence-electron chi connectivity index (χ2n) is 5.38. The van der Waals surface area contributed by atoms with Gasteiger partial charge in [0.05, 0.1) is 10.8 Å². The van der Waals surface area contributed by atoms with Crippen molar-refractivity contribution in [2.24, 2.45) is 0 Å². The number of carbonyl (C=O) groups excluding carboxylic acids is 1. The molecular weight excluding hydrogens is 344 g/mol. The molecule has 0 saturated heterocycles. The molecule has 1 atom stereocenters. The first-order valence-electron chi connectivity index (χ1n) is 7.61. The Kier molecular flexibility index (Phi) is 5.06. The highest BCUT2D eigenvalue weighted by Gasteiger charge is 2.20. The Hall–Kier alpha value is -2.05. The van der Waals surface area contributed by atoms with Gasteiger partial charge in [0.1, 0.15) is 0 Å². The van der Waals surface area contributed by atoms with Crippen LogP contribution in [0.3, 0.4) is 0 Å². The van der Waals surface area contributed by atoms with Gasteiger partial charge < -0.3 is 10.3 Å². The molecule has 2 heterocycles. The van der Waals surface area contributed by atoms with E-state index in [1.165, 1.54) is 11.8 Å². The number of amides is 1. The lowest BCUT2D eigenvalue weighted by molar-refractivity contribution is -0.115. The van der Waals surface area contributed by atoms with Gasteiger partial charge >= 0.3 is 0 Å². The van der Waals surface area contributed by atoms with Gasteiger partial charge in [-0.2, -0.15) is 0 Å². The number of nitrogens with zero attached hydrogens (tertiary/aromatic N) is 2. The number of aromatic amines is 1. The third-order valence-electron chi connectivity index (χ3n) is 3.61. The van der Waals surface area contributed by atoms with E-state index in [1.807, 2.05) is 32.0 Å². The number of hydrogen-bond acceptors (Lipinski definition) is 4. The van der Waals surface area contributed by atoms with Gasteiger partial charge in [0.15, 0.2) is 10.8 Å². The van der Waals surface area contributed by atoms with Crippen LogP contribution in [0.2, 0.25) is 5.02 Å². The molecule has 1 amide bonds. The van der Waals surface area contributed by atoms with E-state index in [-0.39, 0.29) is 11.2 Å². The van der Waals surface area contributed by atoms with E-state index in [0.717, 1.165) is 16.8 Å². The highest BCUT2D eigenvalue weighted by Crippen LogP contribution is 2.27. The Balaban J connectivity index is 1.75. The molecule has 3 rings (SSSR count). The molecule has 1 unspecified atom stereocenters. The summed E-state index contributed by atoms with van der Waals surface area (Å²) in [5.74, 6) is -0.0683. The quantitative estimate of drug-likeness (QED) is 0.660. The summed E-state index contributed by atoms with van der Waals surface area (Å²) >= 11 is 7.41. The van der Waals surface area contributed by atoms with Crippen molar-refractivity contribution in [2.75, 3.05) is 5.32 Å². The lowest BCUT2D eigenvalue weighted by Gasteiger charge is -2.15. The number of pyridine rings is 1. The lowest BCUT2D eigenvalue weighted by atomic mass is 10.2. The number of aromatic nitrogens is 3. The zero-order valence-corrected chi connectivity index (χ0v) is 14.9. The molecule has 0 saturated carbocycles. The van der Waals surface area contributed by atoms with Crippen molar-refractivity contribution in [1.29, 1.82) is 0 Å². The summed E-state index contributed by atoms with van der Waals surface area (Å²) in [6.45, 7) is 3.91. The maximum Gasteiger partial charge on any atom is 0.237 e. The molecule has 3 aromatic rings. The third-order valence-corrected chi connectivity index (χ3v) is 5.09. The van der Waals surface area contributed by atoms with Crippen LogP contribution in [0.4, 0.5) is 5.69 Å². The molecule has 0 bridgehead atoms. The molecule has 0 fully saturated rings. The number of benzene rings is 1. The van der Waals surface area contributed by atoms with Gasteiger partial charge in [-0.05, 0) is 43.2 Å². The Labute approximate surface area is 149 Å².